The largest absolute Gasteiger partial charge is 0.381 e. The second kappa shape index (κ2) is 8.63. The highest BCUT2D eigenvalue weighted by atomic mass is 32.2. The Morgan fingerprint density at radius 2 is 1.82 bits per heavy atom. The molecule has 1 aromatic rings. The molecule has 2 aliphatic heterocycles. The predicted octanol–water partition coefficient (Wildman–Crippen LogP) is 2.64. The van der Waals surface area contributed by atoms with E-state index >= 15 is 0 Å². The molecule has 8 nitrogen and oxygen atoms in total. The van der Waals surface area contributed by atoms with E-state index in [1.165, 1.54) is 12.1 Å². The molecule has 3 aliphatic rings. The van der Waals surface area contributed by atoms with Gasteiger partial charge in [-0.05, 0) is 43.0 Å². The van der Waals surface area contributed by atoms with Crippen LogP contribution < -0.4 is 0 Å². The van der Waals surface area contributed by atoms with Crippen molar-refractivity contribution in [2.75, 3.05) is 26.0 Å². The number of rotatable bonds is 5. The van der Waals surface area contributed by atoms with E-state index in [9.17, 15) is 16.8 Å². The predicted molar refractivity (Wildman–Crippen MR) is 126 cm³/mol. The molecule has 1 aliphatic carbocycles. The molecule has 2 atom stereocenters. The summed E-state index contributed by atoms with van der Waals surface area (Å²) in [6, 6.07) is 2.18. The lowest BCUT2D eigenvalue weighted by Gasteiger charge is -2.37. The molecule has 2 unspecified atom stereocenters. The van der Waals surface area contributed by atoms with Crippen molar-refractivity contribution in [3.05, 3.63) is 41.5 Å². The zero-order valence-electron chi connectivity index (χ0n) is 19.4. The van der Waals surface area contributed by atoms with Gasteiger partial charge in [0.2, 0.25) is 9.84 Å². The molecule has 4 rings (SSSR count). The van der Waals surface area contributed by atoms with Crippen LogP contribution in [0.4, 0.5) is 0 Å². The molecule has 1 saturated heterocycles. The molecule has 0 amide bonds. The van der Waals surface area contributed by atoms with Gasteiger partial charge in [-0.1, -0.05) is 26.8 Å². The maximum atomic E-state index is 13.2. The third kappa shape index (κ3) is 4.93. The molecule has 0 N–H and O–H groups in total. The van der Waals surface area contributed by atoms with E-state index in [0.717, 1.165) is 50.9 Å². The average molecular weight is 494 g/mol. The lowest BCUT2D eigenvalue weighted by atomic mass is 9.91. The summed E-state index contributed by atoms with van der Waals surface area (Å²) in [7, 11) is -7.35. The molecule has 0 radical (unpaired) electrons. The summed E-state index contributed by atoms with van der Waals surface area (Å²) < 4.78 is 55.3. The SMILES string of the molecule is CC(C)(C)C1=NC2C=C(S(=O)(=O)c3ccc(S(C)(=O)=O)cn3)C=CC2N1CC1CCOCC1. The fraction of sp³-hybridized carbons (Fsp3) is 0.565. The van der Waals surface area contributed by atoms with Crippen LogP contribution in [-0.4, -0.2) is 70.7 Å². The lowest BCUT2D eigenvalue weighted by Crippen LogP contribution is -2.46. The number of fused-ring (bicyclic) bond motifs is 1. The maximum Gasteiger partial charge on any atom is 0.223 e. The minimum absolute atomic E-state index is 0.0198. The Bertz CT molecular complexity index is 1200. The first-order valence-electron chi connectivity index (χ1n) is 11.1. The van der Waals surface area contributed by atoms with Crippen LogP contribution in [0, 0.1) is 11.3 Å². The van der Waals surface area contributed by atoms with Gasteiger partial charge in [-0.25, -0.2) is 21.8 Å². The highest BCUT2D eigenvalue weighted by Gasteiger charge is 2.41. The van der Waals surface area contributed by atoms with E-state index < -0.39 is 19.7 Å². The monoisotopic (exact) mass is 493 g/mol. The van der Waals surface area contributed by atoms with E-state index in [0.29, 0.717) is 5.92 Å². The summed E-state index contributed by atoms with van der Waals surface area (Å²) in [5, 5.41) is -0.179. The fourth-order valence-electron chi connectivity index (χ4n) is 4.47. The first kappa shape index (κ1) is 24.1. The van der Waals surface area contributed by atoms with Crippen molar-refractivity contribution in [2.45, 2.75) is 55.6 Å². The van der Waals surface area contributed by atoms with Gasteiger partial charge in [0.05, 0.1) is 21.9 Å². The number of nitrogens with zero attached hydrogens (tertiary/aromatic N) is 3. The van der Waals surface area contributed by atoms with Crippen LogP contribution in [0.3, 0.4) is 0 Å². The molecule has 33 heavy (non-hydrogen) atoms. The van der Waals surface area contributed by atoms with Crippen LogP contribution in [0.1, 0.15) is 33.6 Å². The zero-order valence-corrected chi connectivity index (χ0v) is 21.1. The minimum atomic E-state index is -3.90. The number of pyridine rings is 1. The molecule has 0 spiro atoms. The standard InChI is InChI=1S/C23H31N3O5S2/c1-23(2,3)22-25-19-13-17(5-7-20(19)26(22)15-16-9-11-31-12-10-16)33(29,30)21-8-6-18(14-24-21)32(4,27)28/h5-8,13-14,16,19-20H,9-12,15H2,1-4H3. The topological polar surface area (TPSA) is 106 Å². The molecule has 1 fully saturated rings. The number of sulfone groups is 2. The number of hydrogen-bond acceptors (Lipinski definition) is 8. The van der Waals surface area contributed by atoms with Gasteiger partial charge in [0.15, 0.2) is 14.9 Å². The molecule has 0 bridgehead atoms. The van der Waals surface area contributed by atoms with Crippen LogP contribution >= 0.6 is 0 Å². The number of aromatic nitrogens is 1. The number of ether oxygens (including phenoxy) is 1. The third-order valence-corrected chi connectivity index (χ3v) is 9.02. The average Bonchev–Trinajstić information content (AvgIpc) is 3.12. The Morgan fingerprint density at radius 1 is 1.12 bits per heavy atom. The van der Waals surface area contributed by atoms with Crippen LogP contribution in [0.5, 0.6) is 0 Å². The quantitative estimate of drug-likeness (QED) is 0.621. The fourth-order valence-corrected chi connectivity index (χ4v) is 6.29. The molecule has 180 valence electrons. The van der Waals surface area contributed by atoms with Gasteiger partial charge in [-0.2, -0.15) is 0 Å². The Hall–Kier alpha value is -2.04. The van der Waals surface area contributed by atoms with Crippen molar-refractivity contribution in [1.82, 2.24) is 9.88 Å². The normalized spacial score (nSPS) is 24.4. The summed E-state index contributed by atoms with van der Waals surface area (Å²) in [5.74, 6) is 1.50. The van der Waals surface area contributed by atoms with Crippen molar-refractivity contribution in [1.29, 1.82) is 0 Å². The van der Waals surface area contributed by atoms with Gasteiger partial charge in [-0.15, -0.1) is 0 Å². The Balaban J connectivity index is 1.62. The molecule has 1 aromatic heterocycles. The molecular weight excluding hydrogens is 462 g/mol. The number of aliphatic imine (C=N–C) groups is 1. The van der Waals surface area contributed by atoms with Crippen LogP contribution in [0.15, 0.2) is 56.4 Å². The van der Waals surface area contributed by atoms with Crippen molar-refractivity contribution >= 4 is 25.5 Å². The molecular formula is C23H31N3O5S2. The lowest BCUT2D eigenvalue weighted by molar-refractivity contribution is 0.0577. The smallest absolute Gasteiger partial charge is 0.223 e. The summed E-state index contributed by atoms with van der Waals surface area (Å²) in [4.78, 5) is 11.3. The first-order valence-corrected chi connectivity index (χ1v) is 14.5. The molecule has 0 saturated carbocycles. The summed E-state index contributed by atoms with van der Waals surface area (Å²) in [6.45, 7) is 8.79. The van der Waals surface area contributed by atoms with Crippen molar-refractivity contribution in [2.24, 2.45) is 16.3 Å². The highest BCUT2D eigenvalue weighted by Crippen LogP contribution is 2.35. The van der Waals surface area contributed by atoms with Crippen LogP contribution in [0.25, 0.3) is 0 Å². The second-order valence-corrected chi connectivity index (χ2v) is 13.8. The molecule has 3 heterocycles. The van der Waals surface area contributed by atoms with Gasteiger partial charge in [0, 0.05) is 37.6 Å². The summed E-state index contributed by atoms with van der Waals surface area (Å²) >= 11 is 0. The van der Waals surface area contributed by atoms with E-state index in [1.807, 2.05) is 6.08 Å². The summed E-state index contributed by atoms with van der Waals surface area (Å²) in [5.41, 5.74) is -0.174. The Labute approximate surface area is 196 Å². The summed E-state index contributed by atoms with van der Waals surface area (Å²) in [6.07, 6.45) is 9.41. The minimum Gasteiger partial charge on any atom is -0.381 e. The Kier molecular flexibility index (Phi) is 6.30. The van der Waals surface area contributed by atoms with E-state index in [-0.39, 0.29) is 32.3 Å². The van der Waals surface area contributed by atoms with Crippen molar-refractivity contribution in [3.8, 4) is 0 Å². The van der Waals surface area contributed by atoms with E-state index in [1.54, 1.807) is 12.2 Å². The Morgan fingerprint density at radius 3 is 2.39 bits per heavy atom. The van der Waals surface area contributed by atoms with Gasteiger partial charge < -0.3 is 9.64 Å². The zero-order chi connectivity index (χ0) is 24.0. The van der Waals surface area contributed by atoms with Crippen LogP contribution in [-0.2, 0) is 24.4 Å². The molecule has 10 heteroatoms. The van der Waals surface area contributed by atoms with E-state index in [2.05, 4.69) is 30.7 Å². The van der Waals surface area contributed by atoms with Gasteiger partial charge >= 0.3 is 0 Å². The number of amidine groups is 1. The van der Waals surface area contributed by atoms with Gasteiger partial charge in [-0.3, -0.25) is 4.99 Å². The maximum absolute atomic E-state index is 13.2. The van der Waals surface area contributed by atoms with Gasteiger partial charge in [0.1, 0.15) is 5.84 Å². The molecule has 0 aromatic carbocycles. The van der Waals surface area contributed by atoms with Crippen LogP contribution in [0.2, 0.25) is 0 Å². The highest BCUT2D eigenvalue weighted by molar-refractivity contribution is 7.95. The van der Waals surface area contributed by atoms with Crippen molar-refractivity contribution in [3.63, 3.8) is 0 Å². The first-order chi connectivity index (χ1) is 15.4. The number of hydrogen-bond donors (Lipinski definition) is 0. The number of allylic oxidation sites excluding steroid dienone is 1. The second-order valence-electron chi connectivity index (χ2n) is 9.93. The van der Waals surface area contributed by atoms with Gasteiger partial charge in [0.25, 0.3) is 0 Å². The van der Waals surface area contributed by atoms with Crippen molar-refractivity contribution < 1.29 is 21.6 Å². The third-order valence-electron chi connectivity index (χ3n) is 6.24. The van der Waals surface area contributed by atoms with E-state index in [4.69, 9.17) is 9.73 Å².